The number of methoxy groups -OCH3 is 2. The van der Waals surface area contributed by atoms with E-state index in [2.05, 4.69) is 9.72 Å². The van der Waals surface area contributed by atoms with Crippen LogP contribution in [0.1, 0.15) is 22.7 Å². The van der Waals surface area contributed by atoms with Crippen molar-refractivity contribution >= 4 is 23.2 Å². The van der Waals surface area contributed by atoms with Crippen LogP contribution in [0.3, 0.4) is 0 Å². The smallest absolute Gasteiger partial charge is 0.307 e. The number of esters is 1. The molecule has 0 saturated carbocycles. The van der Waals surface area contributed by atoms with Crippen LogP contribution < -0.4 is 0 Å². The highest BCUT2D eigenvalue weighted by Crippen LogP contribution is 2.26. The lowest BCUT2D eigenvalue weighted by molar-refractivity contribution is -0.140. The molecule has 7 nitrogen and oxygen atoms in total. The second-order valence-electron chi connectivity index (χ2n) is 5.06. The van der Waals surface area contributed by atoms with Gasteiger partial charge in [0.2, 0.25) is 0 Å². The van der Waals surface area contributed by atoms with Crippen molar-refractivity contribution in [2.75, 3.05) is 33.9 Å². The summed E-state index contributed by atoms with van der Waals surface area (Å²) in [7, 11) is 2.88. The molecule has 8 heteroatoms. The summed E-state index contributed by atoms with van der Waals surface area (Å²) < 4.78 is 15.2. The molecule has 2 heterocycles. The van der Waals surface area contributed by atoms with E-state index >= 15 is 0 Å². The van der Waals surface area contributed by atoms with E-state index in [0.29, 0.717) is 29.6 Å². The summed E-state index contributed by atoms with van der Waals surface area (Å²) in [5.41, 5.74) is 0.324. The van der Waals surface area contributed by atoms with Crippen molar-refractivity contribution in [3.05, 3.63) is 29.0 Å². The predicted molar refractivity (Wildman–Crippen MR) is 89.0 cm³/mol. The van der Waals surface area contributed by atoms with E-state index in [1.807, 2.05) is 19.1 Å². The second-order valence-corrected chi connectivity index (χ2v) is 5.92. The first-order chi connectivity index (χ1) is 11.5. The predicted octanol–water partition coefficient (Wildman–Crippen LogP) is 2.36. The van der Waals surface area contributed by atoms with Gasteiger partial charge in [0.15, 0.2) is 10.8 Å². The number of thiazole rings is 1. The van der Waals surface area contributed by atoms with Crippen LogP contribution in [0, 0.1) is 6.92 Å². The Hall–Kier alpha value is -2.19. The molecule has 0 aliphatic carbocycles. The molecule has 0 fully saturated rings. The van der Waals surface area contributed by atoms with Crippen LogP contribution in [0.15, 0.2) is 21.9 Å². The lowest BCUT2D eigenvalue weighted by atomic mass is 10.3. The normalized spacial score (nSPS) is 10.6. The molecular formula is C16H20N2O5S. The maximum Gasteiger partial charge on any atom is 0.307 e. The van der Waals surface area contributed by atoms with Gasteiger partial charge >= 0.3 is 5.97 Å². The largest absolute Gasteiger partial charge is 0.469 e. The SMILES string of the molecule is COCCN(CCC(=O)OC)C(=O)c1csc(-c2ccc(C)o2)n1. The Balaban J connectivity index is 2.10. The van der Waals surface area contributed by atoms with Crippen LogP contribution in [-0.4, -0.2) is 55.7 Å². The Kier molecular flexibility index (Phi) is 6.51. The minimum Gasteiger partial charge on any atom is -0.469 e. The maximum atomic E-state index is 12.6. The van der Waals surface area contributed by atoms with Gasteiger partial charge in [-0.15, -0.1) is 11.3 Å². The van der Waals surface area contributed by atoms with Gasteiger partial charge in [-0.25, -0.2) is 4.98 Å². The number of ether oxygens (including phenoxy) is 2. The summed E-state index contributed by atoms with van der Waals surface area (Å²) in [5.74, 6) is 0.805. The van der Waals surface area contributed by atoms with Crippen LogP contribution in [0.4, 0.5) is 0 Å². The van der Waals surface area contributed by atoms with Crippen LogP contribution in [-0.2, 0) is 14.3 Å². The average molecular weight is 352 g/mol. The number of furan rings is 1. The summed E-state index contributed by atoms with van der Waals surface area (Å²) in [6.45, 7) is 2.85. The topological polar surface area (TPSA) is 81.9 Å². The van der Waals surface area contributed by atoms with E-state index < -0.39 is 0 Å². The number of carbonyl (C=O) groups is 2. The molecule has 1 amide bonds. The van der Waals surface area contributed by atoms with Gasteiger partial charge in [-0.1, -0.05) is 0 Å². The minimum absolute atomic E-state index is 0.125. The van der Waals surface area contributed by atoms with Gasteiger partial charge in [0.25, 0.3) is 5.91 Å². The molecule has 130 valence electrons. The van der Waals surface area contributed by atoms with Crippen LogP contribution in [0.25, 0.3) is 10.8 Å². The lowest BCUT2D eigenvalue weighted by Crippen LogP contribution is -2.36. The molecule has 0 radical (unpaired) electrons. The first-order valence-corrected chi connectivity index (χ1v) is 8.30. The second kappa shape index (κ2) is 8.60. The fourth-order valence-corrected chi connectivity index (χ4v) is 2.79. The molecule has 2 aromatic heterocycles. The molecule has 0 atom stereocenters. The molecule has 0 saturated heterocycles. The summed E-state index contributed by atoms with van der Waals surface area (Å²) >= 11 is 1.34. The third-order valence-electron chi connectivity index (χ3n) is 3.34. The van der Waals surface area contributed by atoms with E-state index in [9.17, 15) is 9.59 Å². The summed E-state index contributed by atoms with van der Waals surface area (Å²) in [6, 6.07) is 3.67. The maximum absolute atomic E-state index is 12.6. The molecule has 0 aliphatic heterocycles. The van der Waals surface area contributed by atoms with Crippen molar-refractivity contribution in [1.82, 2.24) is 9.88 Å². The van der Waals surface area contributed by atoms with Crippen LogP contribution in [0.2, 0.25) is 0 Å². The zero-order valence-corrected chi connectivity index (χ0v) is 14.7. The first kappa shape index (κ1) is 18.2. The Labute approximate surface area is 144 Å². The Morgan fingerprint density at radius 2 is 2.08 bits per heavy atom. The number of hydrogen-bond acceptors (Lipinski definition) is 7. The van der Waals surface area contributed by atoms with Gasteiger partial charge in [0.1, 0.15) is 11.5 Å². The Morgan fingerprint density at radius 1 is 1.29 bits per heavy atom. The van der Waals surface area contributed by atoms with Crippen LogP contribution >= 0.6 is 11.3 Å². The van der Waals surface area contributed by atoms with Crippen molar-refractivity contribution < 1.29 is 23.5 Å². The Bertz CT molecular complexity index is 694. The van der Waals surface area contributed by atoms with Gasteiger partial charge in [-0.05, 0) is 19.1 Å². The number of amides is 1. The van der Waals surface area contributed by atoms with Crippen molar-refractivity contribution in [1.29, 1.82) is 0 Å². The van der Waals surface area contributed by atoms with Gasteiger partial charge < -0.3 is 18.8 Å². The number of nitrogens with zero attached hydrogens (tertiary/aromatic N) is 2. The molecule has 0 aromatic carbocycles. The standard InChI is InChI=1S/C16H20N2O5S/c1-11-4-5-13(23-11)15-17-12(10-24-15)16(20)18(8-9-21-2)7-6-14(19)22-3/h4-5,10H,6-9H2,1-3H3. The van der Waals surface area contributed by atoms with Crippen molar-refractivity contribution in [3.63, 3.8) is 0 Å². The monoisotopic (exact) mass is 352 g/mol. The summed E-state index contributed by atoms with van der Waals surface area (Å²) in [6.07, 6.45) is 0.125. The Morgan fingerprint density at radius 3 is 2.71 bits per heavy atom. The molecule has 0 aliphatic rings. The molecule has 2 aromatic rings. The lowest BCUT2D eigenvalue weighted by Gasteiger charge is -2.20. The number of carbonyl (C=O) groups excluding carboxylic acids is 2. The number of aryl methyl sites for hydroxylation is 1. The van der Waals surface area contributed by atoms with E-state index in [0.717, 1.165) is 5.76 Å². The van der Waals surface area contributed by atoms with Crippen LogP contribution in [0.5, 0.6) is 0 Å². The third-order valence-corrected chi connectivity index (χ3v) is 4.20. The van der Waals surface area contributed by atoms with Gasteiger partial charge in [0.05, 0.1) is 20.1 Å². The third kappa shape index (κ3) is 4.65. The quantitative estimate of drug-likeness (QED) is 0.678. The molecule has 2 rings (SSSR count). The molecule has 0 N–H and O–H groups in total. The highest BCUT2D eigenvalue weighted by Gasteiger charge is 2.20. The van der Waals surface area contributed by atoms with Gasteiger partial charge in [0, 0.05) is 25.6 Å². The molecule has 0 unspecified atom stereocenters. The van der Waals surface area contributed by atoms with E-state index in [1.165, 1.54) is 23.3 Å². The molecule has 0 spiro atoms. The first-order valence-electron chi connectivity index (χ1n) is 7.42. The fourth-order valence-electron chi connectivity index (χ4n) is 2.04. The zero-order chi connectivity index (χ0) is 17.5. The van der Waals surface area contributed by atoms with Crippen molar-refractivity contribution in [2.45, 2.75) is 13.3 Å². The zero-order valence-electron chi connectivity index (χ0n) is 13.9. The number of hydrogen-bond donors (Lipinski definition) is 0. The molecule has 0 bridgehead atoms. The highest BCUT2D eigenvalue weighted by atomic mass is 32.1. The van der Waals surface area contributed by atoms with E-state index in [4.69, 9.17) is 9.15 Å². The fraction of sp³-hybridized carbons (Fsp3) is 0.438. The van der Waals surface area contributed by atoms with E-state index in [1.54, 1.807) is 12.5 Å². The summed E-state index contributed by atoms with van der Waals surface area (Å²) in [5, 5.41) is 2.33. The van der Waals surface area contributed by atoms with E-state index in [-0.39, 0.29) is 24.8 Å². The van der Waals surface area contributed by atoms with Crippen molar-refractivity contribution in [2.24, 2.45) is 0 Å². The molecule has 24 heavy (non-hydrogen) atoms. The van der Waals surface area contributed by atoms with Crippen molar-refractivity contribution in [3.8, 4) is 10.8 Å². The van der Waals surface area contributed by atoms with Gasteiger partial charge in [-0.3, -0.25) is 9.59 Å². The average Bonchev–Trinajstić information content (AvgIpc) is 3.22. The number of aromatic nitrogens is 1. The highest BCUT2D eigenvalue weighted by molar-refractivity contribution is 7.13. The molecular weight excluding hydrogens is 332 g/mol. The number of rotatable bonds is 8. The van der Waals surface area contributed by atoms with Gasteiger partial charge in [-0.2, -0.15) is 0 Å². The summed E-state index contributed by atoms with van der Waals surface area (Å²) in [4.78, 5) is 29.8. The minimum atomic E-state index is -0.366.